The number of cyclic esters (lactones) is 1. The first-order chi connectivity index (χ1) is 7.27. The molecule has 0 aromatic heterocycles. The normalized spacial score (nSPS) is 26.5. The Morgan fingerprint density at radius 3 is 2.73 bits per heavy atom. The number of carbonyl (C=O) groups excluding carboxylic acids is 1. The monoisotopic (exact) mass is 245 g/mol. The SMILES string of the molecule is O=C1OCC[C@@H]1SC(=S)N1CCCCC1. The Hall–Kier alpha value is -0.290. The number of nitrogens with zero attached hydrogens (tertiary/aromatic N) is 1. The topological polar surface area (TPSA) is 29.5 Å². The van der Waals surface area contributed by atoms with Crippen LogP contribution in [0.25, 0.3) is 0 Å². The number of thioether (sulfide) groups is 1. The molecule has 2 aliphatic rings. The molecule has 0 spiro atoms. The van der Waals surface area contributed by atoms with Gasteiger partial charge in [-0.2, -0.15) is 0 Å². The zero-order valence-electron chi connectivity index (χ0n) is 8.61. The number of carbonyl (C=O) groups is 1. The third kappa shape index (κ3) is 2.84. The standard InChI is InChI=1S/C10H15NO2S2/c12-9-8(4-7-13-9)15-10(14)11-5-2-1-3-6-11/h8H,1-7H2/t8-/m0/s1. The minimum absolute atomic E-state index is 0.0561. The van der Waals surface area contributed by atoms with Crippen LogP contribution in [0.3, 0.4) is 0 Å². The van der Waals surface area contributed by atoms with Crippen molar-refractivity contribution in [3.8, 4) is 0 Å². The number of hydrogen-bond acceptors (Lipinski definition) is 4. The van der Waals surface area contributed by atoms with Crippen LogP contribution in [0.2, 0.25) is 0 Å². The molecule has 5 heteroatoms. The Labute approximate surface area is 99.5 Å². The molecule has 0 aliphatic carbocycles. The van der Waals surface area contributed by atoms with Gasteiger partial charge in [-0.15, -0.1) is 0 Å². The summed E-state index contributed by atoms with van der Waals surface area (Å²) < 4.78 is 5.79. The smallest absolute Gasteiger partial charge is 0.319 e. The summed E-state index contributed by atoms with van der Waals surface area (Å²) >= 11 is 6.85. The van der Waals surface area contributed by atoms with Crippen LogP contribution >= 0.6 is 24.0 Å². The average molecular weight is 245 g/mol. The molecular formula is C10H15NO2S2. The number of esters is 1. The molecule has 0 bridgehead atoms. The van der Waals surface area contributed by atoms with Crippen LogP contribution < -0.4 is 0 Å². The van der Waals surface area contributed by atoms with E-state index in [1.165, 1.54) is 31.0 Å². The summed E-state index contributed by atoms with van der Waals surface area (Å²) in [5.74, 6) is -0.0978. The molecule has 2 aliphatic heterocycles. The highest BCUT2D eigenvalue weighted by Crippen LogP contribution is 2.26. The Morgan fingerprint density at radius 1 is 1.40 bits per heavy atom. The molecule has 0 radical (unpaired) electrons. The molecule has 0 aromatic rings. The first-order valence-corrected chi connectivity index (χ1v) is 6.68. The molecule has 3 nitrogen and oxygen atoms in total. The molecule has 0 saturated carbocycles. The Morgan fingerprint density at radius 2 is 2.13 bits per heavy atom. The van der Waals surface area contributed by atoms with Gasteiger partial charge in [0, 0.05) is 19.5 Å². The van der Waals surface area contributed by atoms with E-state index in [0.717, 1.165) is 23.8 Å². The van der Waals surface area contributed by atoms with Gasteiger partial charge < -0.3 is 9.64 Å². The van der Waals surface area contributed by atoms with E-state index < -0.39 is 0 Å². The van der Waals surface area contributed by atoms with E-state index in [1.54, 1.807) is 0 Å². The summed E-state index contributed by atoms with van der Waals surface area (Å²) in [7, 11) is 0. The fraction of sp³-hybridized carbons (Fsp3) is 0.800. The minimum atomic E-state index is -0.0978. The lowest BCUT2D eigenvalue weighted by Crippen LogP contribution is -2.34. The third-order valence-electron chi connectivity index (χ3n) is 2.74. The summed E-state index contributed by atoms with van der Waals surface area (Å²) in [4.78, 5) is 13.5. The largest absolute Gasteiger partial charge is 0.465 e. The van der Waals surface area contributed by atoms with Gasteiger partial charge in [-0.05, 0) is 19.3 Å². The predicted octanol–water partition coefficient (Wildman–Crippen LogP) is 1.81. The zero-order chi connectivity index (χ0) is 10.7. The maximum absolute atomic E-state index is 11.3. The van der Waals surface area contributed by atoms with Crippen molar-refractivity contribution in [2.75, 3.05) is 19.7 Å². The van der Waals surface area contributed by atoms with Crippen molar-refractivity contribution in [3.05, 3.63) is 0 Å². The molecular weight excluding hydrogens is 230 g/mol. The van der Waals surface area contributed by atoms with Gasteiger partial charge in [-0.3, -0.25) is 4.79 Å². The van der Waals surface area contributed by atoms with Crippen LogP contribution in [-0.4, -0.2) is 40.1 Å². The summed E-state index contributed by atoms with van der Waals surface area (Å²) in [6.45, 7) is 2.65. The predicted molar refractivity (Wildman–Crippen MR) is 65.0 cm³/mol. The van der Waals surface area contributed by atoms with Crippen molar-refractivity contribution in [2.24, 2.45) is 0 Å². The first-order valence-electron chi connectivity index (χ1n) is 5.39. The van der Waals surface area contributed by atoms with E-state index in [0.29, 0.717) is 6.61 Å². The van der Waals surface area contributed by atoms with Crippen LogP contribution in [0.5, 0.6) is 0 Å². The molecule has 2 fully saturated rings. The lowest BCUT2D eigenvalue weighted by atomic mass is 10.1. The number of rotatable bonds is 1. The molecule has 2 heterocycles. The number of thiocarbonyl (C=S) groups is 1. The molecule has 2 saturated heterocycles. The van der Waals surface area contributed by atoms with Gasteiger partial charge in [0.05, 0.1) is 6.61 Å². The van der Waals surface area contributed by atoms with Crippen molar-refractivity contribution in [2.45, 2.75) is 30.9 Å². The maximum atomic E-state index is 11.3. The van der Waals surface area contributed by atoms with Crippen LogP contribution in [0.4, 0.5) is 0 Å². The fourth-order valence-corrected chi connectivity index (χ4v) is 3.34. The van der Waals surface area contributed by atoms with Gasteiger partial charge in [0.25, 0.3) is 0 Å². The second kappa shape index (κ2) is 5.16. The van der Waals surface area contributed by atoms with Gasteiger partial charge in [-0.1, -0.05) is 24.0 Å². The number of ether oxygens (including phenoxy) is 1. The number of piperidine rings is 1. The highest BCUT2D eigenvalue weighted by atomic mass is 32.2. The van der Waals surface area contributed by atoms with E-state index in [2.05, 4.69) is 4.90 Å². The van der Waals surface area contributed by atoms with Gasteiger partial charge in [-0.25, -0.2) is 0 Å². The van der Waals surface area contributed by atoms with Gasteiger partial charge >= 0.3 is 5.97 Å². The summed E-state index contributed by atoms with van der Waals surface area (Å²) in [5, 5.41) is -0.0561. The molecule has 0 N–H and O–H groups in total. The first kappa shape index (κ1) is 11.2. The molecule has 84 valence electrons. The Bertz CT molecular complexity index is 264. The Kier molecular flexibility index (Phi) is 3.86. The second-order valence-electron chi connectivity index (χ2n) is 3.88. The average Bonchev–Trinajstić information content (AvgIpc) is 2.66. The number of likely N-dealkylation sites (tertiary alicyclic amines) is 1. The van der Waals surface area contributed by atoms with E-state index in [1.807, 2.05) is 0 Å². The minimum Gasteiger partial charge on any atom is -0.465 e. The highest BCUT2D eigenvalue weighted by Gasteiger charge is 2.29. The van der Waals surface area contributed by atoms with Crippen molar-refractivity contribution < 1.29 is 9.53 Å². The quantitative estimate of drug-likeness (QED) is 0.519. The van der Waals surface area contributed by atoms with E-state index >= 15 is 0 Å². The van der Waals surface area contributed by atoms with Crippen LogP contribution in [-0.2, 0) is 9.53 Å². The molecule has 0 aromatic carbocycles. The van der Waals surface area contributed by atoms with Gasteiger partial charge in [0.1, 0.15) is 9.57 Å². The molecule has 15 heavy (non-hydrogen) atoms. The van der Waals surface area contributed by atoms with Crippen molar-refractivity contribution in [3.63, 3.8) is 0 Å². The van der Waals surface area contributed by atoms with E-state index in [9.17, 15) is 4.79 Å². The highest BCUT2D eigenvalue weighted by molar-refractivity contribution is 8.23. The molecule has 2 rings (SSSR count). The van der Waals surface area contributed by atoms with Gasteiger partial charge in [0.15, 0.2) is 0 Å². The van der Waals surface area contributed by atoms with Crippen molar-refractivity contribution in [1.29, 1.82) is 0 Å². The van der Waals surface area contributed by atoms with Crippen LogP contribution in [0.15, 0.2) is 0 Å². The van der Waals surface area contributed by atoms with Crippen molar-refractivity contribution in [1.82, 2.24) is 4.90 Å². The Balaban J connectivity index is 1.82. The third-order valence-corrected chi connectivity index (χ3v) is 4.46. The zero-order valence-corrected chi connectivity index (χ0v) is 10.2. The molecule has 1 atom stereocenters. The molecule has 0 amide bonds. The fourth-order valence-electron chi connectivity index (χ4n) is 1.86. The van der Waals surface area contributed by atoms with E-state index in [-0.39, 0.29) is 11.2 Å². The lowest BCUT2D eigenvalue weighted by molar-refractivity contribution is -0.137. The lowest BCUT2D eigenvalue weighted by Gasteiger charge is -2.29. The molecule has 0 unspecified atom stereocenters. The van der Waals surface area contributed by atoms with Crippen LogP contribution in [0, 0.1) is 0 Å². The van der Waals surface area contributed by atoms with E-state index in [4.69, 9.17) is 17.0 Å². The second-order valence-corrected chi connectivity index (χ2v) is 5.71. The maximum Gasteiger partial charge on any atom is 0.319 e. The summed E-state index contributed by atoms with van der Waals surface area (Å²) in [5.41, 5.74) is 0. The van der Waals surface area contributed by atoms with Crippen LogP contribution in [0.1, 0.15) is 25.7 Å². The number of hydrogen-bond donors (Lipinski definition) is 0. The summed E-state index contributed by atoms with van der Waals surface area (Å²) in [6.07, 6.45) is 4.54. The van der Waals surface area contributed by atoms with Gasteiger partial charge in [0.2, 0.25) is 0 Å². The summed E-state index contributed by atoms with van der Waals surface area (Å²) in [6, 6.07) is 0. The van der Waals surface area contributed by atoms with Crippen molar-refractivity contribution >= 4 is 34.3 Å².